The van der Waals surface area contributed by atoms with Crippen molar-refractivity contribution < 1.29 is 17.9 Å². The van der Waals surface area contributed by atoms with Gasteiger partial charge in [0, 0.05) is 6.04 Å². The van der Waals surface area contributed by atoms with Crippen LogP contribution in [0, 0.1) is 17.1 Å². The van der Waals surface area contributed by atoms with E-state index >= 15 is 0 Å². The van der Waals surface area contributed by atoms with Gasteiger partial charge in [0.25, 0.3) is 0 Å². The van der Waals surface area contributed by atoms with E-state index in [1.807, 2.05) is 0 Å². The summed E-state index contributed by atoms with van der Waals surface area (Å²) >= 11 is 0. The van der Waals surface area contributed by atoms with E-state index in [0.29, 0.717) is 12.8 Å². The van der Waals surface area contributed by atoms with E-state index in [9.17, 15) is 17.9 Å². The standard InChI is InChI=1S/C13H15FN2O3S/c14-10-4-3-7-13(9(10)8-15)20(18,19)16-11-5-1-2-6-12(11)17/h3-4,7,11-12,16-17H,1-2,5-6H2. The molecule has 2 atom stereocenters. The lowest BCUT2D eigenvalue weighted by Gasteiger charge is -2.28. The molecule has 0 spiro atoms. The van der Waals surface area contributed by atoms with Gasteiger partial charge < -0.3 is 5.11 Å². The van der Waals surface area contributed by atoms with Gasteiger partial charge in [-0.05, 0) is 25.0 Å². The van der Waals surface area contributed by atoms with Crippen LogP contribution in [-0.2, 0) is 10.0 Å². The molecule has 1 aromatic carbocycles. The Morgan fingerprint density at radius 1 is 1.35 bits per heavy atom. The molecular formula is C13H15FN2O3S. The van der Waals surface area contributed by atoms with E-state index < -0.39 is 38.4 Å². The maximum absolute atomic E-state index is 13.5. The van der Waals surface area contributed by atoms with E-state index in [0.717, 1.165) is 18.9 Å². The fourth-order valence-electron chi connectivity index (χ4n) is 2.35. The Morgan fingerprint density at radius 2 is 2.05 bits per heavy atom. The molecule has 2 unspecified atom stereocenters. The zero-order chi connectivity index (χ0) is 14.8. The van der Waals surface area contributed by atoms with E-state index in [2.05, 4.69) is 4.72 Å². The van der Waals surface area contributed by atoms with Gasteiger partial charge >= 0.3 is 0 Å². The number of hydrogen-bond donors (Lipinski definition) is 2. The number of benzene rings is 1. The van der Waals surface area contributed by atoms with Crippen molar-refractivity contribution in [2.75, 3.05) is 0 Å². The number of nitriles is 1. The van der Waals surface area contributed by atoms with E-state index in [4.69, 9.17) is 5.26 Å². The number of sulfonamides is 1. The highest BCUT2D eigenvalue weighted by molar-refractivity contribution is 7.89. The van der Waals surface area contributed by atoms with Crippen LogP contribution >= 0.6 is 0 Å². The van der Waals surface area contributed by atoms with Gasteiger partial charge in [0.2, 0.25) is 10.0 Å². The Hall–Kier alpha value is -1.49. The van der Waals surface area contributed by atoms with Crippen LogP contribution in [0.3, 0.4) is 0 Å². The Kier molecular flexibility index (Phi) is 4.38. The molecule has 0 saturated heterocycles. The van der Waals surface area contributed by atoms with Crippen LogP contribution in [0.2, 0.25) is 0 Å². The molecule has 0 amide bonds. The predicted molar refractivity (Wildman–Crippen MR) is 69.7 cm³/mol. The summed E-state index contributed by atoms with van der Waals surface area (Å²) in [6.07, 6.45) is 1.97. The number of nitrogens with one attached hydrogen (secondary N) is 1. The summed E-state index contributed by atoms with van der Waals surface area (Å²) in [5, 5.41) is 18.7. The molecule has 5 nitrogen and oxygen atoms in total. The Balaban J connectivity index is 2.32. The second-order valence-corrected chi connectivity index (χ2v) is 6.49. The Morgan fingerprint density at radius 3 is 2.70 bits per heavy atom. The lowest BCUT2D eigenvalue weighted by molar-refractivity contribution is 0.101. The van der Waals surface area contributed by atoms with Crippen LogP contribution in [0.15, 0.2) is 23.1 Å². The van der Waals surface area contributed by atoms with Gasteiger partial charge in [-0.15, -0.1) is 0 Å². The van der Waals surface area contributed by atoms with Crippen molar-refractivity contribution >= 4 is 10.0 Å². The summed E-state index contributed by atoms with van der Waals surface area (Å²) in [4.78, 5) is -0.391. The highest BCUT2D eigenvalue weighted by atomic mass is 32.2. The highest BCUT2D eigenvalue weighted by Gasteiger charge is 2.30. The molecule has 0 heterocycles. The first-order valence-electron chi connectivity index (χ1n) is 6.34. The van der Waals surface area contributed by atoms with Crippen LogP contribution in [0.5, 0.6) is 0 Å². The van der Waals surface area contributed by atoms with Gasteiger partial charge in [-0.2, -0.15) is 5.26 Å². The SMILES string of the molecule is N#Cc1c(F)cccc1S(=O)(=O)NC1CCCCC1O. The maximum Gasteiger partial charge on any atom is 0.242 e. The Bertz CT molecular complexity index is 640. The normalized spacial score (nSPS) is 23.2. The molecule has 0 aromatic heterocycles. The zero-order valence-corrected chi connectivity index (χ0v) is 11.5. The van der Waals surface area contributed by atoms with Crippen molar-refractivity contribution in [3.63, 3.8) is 0 Å². The molecule has 1 aliphatic carbocycles. The van der Waals surface area contributed by atoms with Crippen LogP contribution in [0.1, 0.15) is 31.2 Å². The van der Waals surface area contributed by atoms with Gasteiger partial charge in [0.15, 0.2) is 0 Å². The second-order valence-electron chi connectivity index (χ2n) is 4.80. The van der Waals surface area contributed by atoms with Crippen molar-refractivity contribution in [1.29, 1.82) is 5.26 Å². The number of hydrogen-bond acceptors (Lipinski definition) is 4. The molecule has 7 heteroatoms. The molecule has 2 rings (SSSR count). The van der Waals surface area contributed by atoms with Gasteiger partial charge in [-0.3, -0.25) is 0 Å². The summed E-state index contributed by atoms with van der Waals surface area (Å²) < 4.78 is 40.3. The molecule has 1 aromatic rings. The minimum atomic E-state index is -4.03. The molecule has 1 saturated carbocycles. The first-order chi connectivity index (χ1) is 9.45. The lowest BCUT2D eigenvalue weighted by Crippen LogP contribution is -2.45. The van der Waals surface area contributed by atoms with Gasteiger partial charge in [-0.1, -0.05) is 18.9 Å². The minimum absolute atomic E-state index is 0.391. The zero-order valence-electron chi connectivity index (χ0n) is 10.7. The average Bonchev–Trinajstić information content (AvgIpc) is 2.41. The summed E-state index contributed by atoms with van der Waals surface area (Å²) in [5.74, 6) is -0.875. The predicted octanol–water partition coefficient (Wildman–Crippen LogP) is 1.28. The molecule has 108 valence electrons. The maximum atomic E-state index is 13.5. The van der Waals surface area contributed by atoms with Crippen LogP contribution in [0.4, 0.5) is 4.39 Å². The number of aliphatic hydroxyl groups is 1. The smallest absolute Gasteiger partial charge is 0.242 e. The molecule has 1 fully saturated rings. The second kappa shape index (κ2) is 5.87. The fourth-order valence-corrected chi connectivity index (χ4v) is 3.82. The fraction of sp³-hybridized carbons (Fsp3) is 0.462. The number of halogens is 1. The highest BCUT2D eigenvalue weighted by Crippen LogP contribution is 2.22. The van der Waals surface area contributed by atoms with Crippen LogP contribution in [0.25, 0.3) is 0 Å². The number of rotatable bonds is 3. The summed E-state index contributed by atoms with van der Waals surface area (Å²) in [5.41, 5.74) is -0.509. The van der Waals surface area contributed by atoms with Gasteiger partial charge in [0.05, 0.1) is 6.10 Å². The van der Waals surface area contributed by atoms with Crippen molar-refractivity contribution in [2.24, 2.45) is 0 Å². The number of aliphatic hydroxyl groups excluding tert-OH is 1. The third-order valence-corrected chi connectivity index (χ3v) is 4.94. The van der Waals surface area contributed by atoms with E-state index in [1.54, 1.807) is 6.07 Å². The molecular weight excluding hydrogens is 283 g/mol. The third-order valence-electron chi connectivity index (χ3n) is 3.41. The molecule has 20 heavy (non-hydrogen) atoms. The van der Waals surface area contributed by atoms with Crippen molar-refractivity contribution in [3.05, 3.63) is 29.6 Å². The number of nitrogens with zero attached hydrogens (tertiary/aromatic N) is 1. The van der Waals surface area contributed by atoms with Crippen LogP contribution < -0.4 is 4.72 Å². The molecule has 0 aliphatic heterocycles. The quantitative estimate of drug-likeness (QED) is 0.879. The average molecular weight is 298 g/mol. The first-order valence-corrected chi connectivity index (χ1v) is 7.83. The third kappa shape index (κ3) is 2.98. The largest absolute Gasteiger partial charge is 0.391 e. The topological polar surface area (TPSA) is 90.2 Å². The molecule has 2 N–H and O–H groups in total. The lowest BCUT2D eigenvalue weighted by atomic mass is 9.93. The Labute approximate surface area is 117 Å². The molecule has 0 bridgehead atoms. The van der Waals surface area contributed by atoms with E-state index in [1.165, 1.54) is 12.1 Å². The minimum Gasteiger partial charge on any atom is -0.391 e. The van der Waals surface area contributed by atoms with Gasteiger partial charge in [0.1, 0.15) is 22.3 Å². The summed E-state index contributed by atoms with van der Waals surface area (Å²) in [7, 11) is -4.03. The van der Waals surface area contributed by atoms with Crippen LogP contribution in [-0.4, -0.2) is 25.7 Å². The summed E-state index contributed by atoms with van der Waals surface area (Å²) in [6, 6.07) is 4.42. The van der Waals surface area contributed by atoms with Crippen molar-refractivity contribution in [2.45, 2.75) is 42.7 Å². The molecule has 1 aliphatic rings. The van der Waals surface area contributed by atoms with Gasteiger partial charge in [-0.25, -0.2) is 17.5 Å². The monoisotopic (exact) mass is 298 g/mol. The van der Waals surface area contributed by atoms with Crippen molar-refractivity contribution in [1.82, 2.24) is 4.72 Å². The van der Waals surface area contributed by atoms with Crippen molar-refractivity contribution in [3.8, 4) is 6.07 Å². The van der Waals surface area contributed by atoms with E-state index in [-0.39, 0.29) is 0 Å². The summed E-state index contributed by atoms with van der Waals surface area (Å²) in [6.45, 7) is 0. The first kappa shape index (κ1) is 14.9. The molecule has 0 radical (unpaired) electrons.